The molecule has 0 heterocycles. The monoisotopic (exact) mass is 331 g/mol. The average Bonchev–Trinajstić information content (AvgIpc) is 2.54. The fourth-order valence-corrected chi connectivity index (χ4v) is 2.37. The molecule has 3 nitrogen and oxygen atoms in total. The first-order valence-electron chi connectivity index (χ1n) is 7.75. The van der Waals surface area contributed by atoms with E-state index < -0.39 is 6.10 Å². The van der Waals surface area contributed by atoms with Crippen molar-refractivity contribution in [1.82, 2.24) is 5.32 Å². The predicted molar refractivity (Wildman–Crippen MR) is 93.9 cm³/mol. The molecule has 1 amide bonds. The van der Waals surface area contributed by atoms with Crippen LogP contribution in [0, 0.1) is 0 Å². The van der Waals surface area contributed by atoms with Crippen LogP contribution in [0.2, 0.25) is 5.02 Å². The van der Waals surface area contributed by atoms with Gasteiger partial charge in [0.05, 0.1) is 0 Å². The smallest absolute Gasteiger partial charge is 0.261 e. The zero-order valence-corrected chi connectivity index (χ0v) is 14.4. The largest absolute Gasteiger partial charge is 0.481 e. The normalized spacial score (nSPS) is 12.0. The molecule has 0 aliphatic carbocycles. The van der Waals surface area contributed by atoms with Crippen molar-refractivity contribution in [3.05, 3.63) is 64.7 Å². The van der Waals surface area contributed by atoms with Gasteiger partial charge in [0.2, 0.25) is 0 Å². The predicted octanol–water partition coefficient (Wildman–Crippen LogP) is 4.55. The van der Waals surface area contributed by atoms with E-state index >= 15 is 0 Å². The molecule has 1 atom stereocenters. The van der Waals surface area contributed by atoms with E-state index in [-0.39, 0.29) is 5.91 Å². The zero-order valence-electron chi connectivity index (χ0n) is 13.7. The molecule has 2 aromatic carbocycles. The number of hydrogen-bond donors (Lipinski definition) is 1. The van der Waals surface area contributed by atoms with Gasteiger partial charge in [0.25, 0.3) is 5.91 Å². The molecule has 0 bridgehead atoms. The molecule has 0 unspecified atom stereocenters. The first kappa shape index (κ1) is 17.4. The average molecular weight is 332 g/mol. The van der Waals surface area contributed by atoms with E-state index in [1.54, 1.807) is 6.92 Å². The van der Waals surface area contributed by atoms with E-state index in [4.69, 9.17) is 16.3 Å². The lowest BCUT2D eigenvalue weighted by Gasteiger charge is -2.18. The molecule has 0 aliphatic rings. The summed E-state index contributed by atoms with van der Waals surface area (Å²) in [4.78, 5) is 12.2. The number of carbonyl (C=O) groups is 1. The lowest BCUT2D eigenvalue weighted by molar-refractivity contribution is -0.127. The van der Waals surface area contributed by atoms with Crippen LogP contribution in [0.25, 0.3) is 0 Å². The molecular weight excluding hydrogens is 310 g/mol. The minimum absolute atomic E-state index is 0.140. The molecule has 4 heteroatoms. The summed E-state index contributed by atoms with van der Waals surface area (Å²) >= 11 is 5.85. The van der Waals surface area contributed by atoms with Gasteiger partial charge in [-0.2, -0.15) is 0 Å². The third kappa shape index (κ3) is 5.00. The Morgan fingerprint density at radius 2 is 1.74 bits per heavy atom. The molecule has 2 rings (SSSR count). The van der Waals surface area contributed by atoms with Crippen LogP contribution >= 0.6 is 11.6 Å². The second-order valence-corrected chi connectivity index (χ2v) is 6.23. The van der Waals surface area contributed by atoms with Crippen molar-refractivity contribution in [3.8, 4) is 5.75 Å². The summed E-state index contributed by atoms with van der Waals surface area (Å²) in [5.41, 5.74) is 2.10. The van der Waals surface area contributed by atoms with Gasteiger partial charge in [-0.05, 0) is 42.2 Å². The Balaban J connectivity index is 1.94. The van der Waals surface area contributed by atoms with Gasteiger partial charge in [-0.3, -0.25) is 4.79 Å². The molecule has 23 heavy (non-hydrogen) atoms. The van der Waals surface area contributed by atoms with Crippen molar-refractivity contribution in [2.24, 2.45) is 0 Å². The lowest BCUT2D eigenvalue weighted by Crippen LogP contribution is -2.36. The van der Waals surface area contributed by atoms with E-state index in [2.05, 4.69) is 19.2 Å². The summed E-state index contributed by atoms with van der Waals surface area (Å²) in [7, 11) is 0. The van der Waals surface area contributed by atoms with E-state index in [0.717, 1.165) is 16.9 Å². The number of rotatable bonds is 6. The van der Waals surface area contributed by atoms with Crippen molar-refractivity contribution in [1.29, 1.82) is 0 Å². The molecule has 122 valence electrons. The standard InChI is InChI=1S/C19H22ClNO2/c1-13(2)17-6-4-5-7-18(17)23-14(3)19(22)21-12-15-8-10-16(20)11-9-15/h4-11,13-14H,12H2,1-3H3,(H,21,22)/t14-/m1/s1. The van der Waals surface area contributed by atoms with Crippen LogP contribution in [0.3, 0.4) is 0 Å². The maximum Gasteiger partial charge on any atom is 0.261 e. The highest BCUT2D eigenvalue weighted by Crippen LogP contribution is 2.26. The molecule has 2 aromatic rings. The van der Waals surface area contributed by atoms with Gasteiger partial charge in [-0.25, -0.2) is 0 Å². The van der Waals surface area contributed by atoms with E-state index in [9.17, 15) is 4.79 Å². The van der Waals surface area contributed by atoms with Gasteiger partial charge < -0.3 is 10.1 Å². The summed E-state index contributed by atoms with van der Waals surface area (Å²) in [6, 6.07) is 15.2. The van der Waals surface area contributed by atoms with Gasteiger partial charge >= 0.3 is 0 Å². The minimum Gasteiger partial charge on any atom is -0.481 e. The number of halogens is 1. The molecule has 0 fully saturated rings. The van der Waals surface area contributed by atoms with Crippen LogP contribution in [-0.4, -0.2) is 12.0 Å². The highest BCUT2D eigenvalue weighted by atomic mass is 35.5. The number of hydrogen-bond acceptors (Lipinski definition) is 2. The highest BCUT2D eigenvalue weighted by molar-refractivity contribution is 6.30. The molecule has 0 spiro atoms. The molecular formula is C19H22ClNO2. The van der Waals surface area contributed by atoms with Crippen molar-refractivity contribution in [2.45, 2.75) is 39.3 Å². The topological polar surface area (TPSA) is 38.3 Å². The Morgan fingerprint density at radius 3 is 2.39 bits per heavy atom. The van der Waals surface area contributed by atoms with Crippen LogP contribution < -0.4 is 10.1 Å². The third-order valence-electron chi connectivity index (χ3n) is 3.59. The van der Waals surface area contributed by atoms with Crippen molar-refractivity contribution in [2.75, 3.05) is 0 Å². The van der Waals surface area contributed by atoms with E-state index in [0.29, 0.717) is 17.5 Å². The number of nitrogens with one attached hydrogen (secondary N) is 1. The molecule has 0 radical (unpaired) electrons. The Labute approximate surface area is 142 Å². The van der Waals surface area contributed by atoms with Crippen LogP contribution in [-0.2, 0) is 11.3 Å². The number of para-hydroxylation sites is 1. The SMILES string of the molecule is CC(C)c1ccccc1O[C@H](C)C(=O)NCc1ccc(Cl)cc1. The molecule has 1 N–H and O–H groups in total. The fraction of sp³-hybridized carbons (Fsp3) is 0.316. The summed E-state index contributed by atoms with van der Waals surface area (Å²) < 4.78 is 5.84. The molecule has 0 saturated heterocycles. The minimum atomic E-state index is -0.554. The number of carbonyl (C=O) groups excluding carboxylic acids is 1. The van der Waals surface area contributed by atoms with Crippen LogP contribution in [0.5, 0.6) is 5.75 Å². The first-order chi connectivity index (χ1) is 11.0. The highest BCUT2D eigenvalue weighted by Gasteiger charge is 2.16. The summed E-state index contributed by atoms with van der Waals surface area (Å²) in [6.45, 7) is 6.42. The van der Waals surface area contributed by atoms with Gasteiger partial charge in [0.1, 0.15) is 5.75 Å². The summed E-state index contributed by atoms with van der Waals surface area (Å²) in [6.07, 6.45) is -0.554. The van der Waals surface area contributed by atoms with Gasteiger partial charge in [0, 0.05) is 11.6 Å². The molecule has 0 aliphatic heterocycles. The maximum atomic E-state index is 12.2. The molecule has 0 aromatic heterocycles. The fourth-order valence-electron chi connectivity index (χ4n) is 2.24. The maximum absolute atomic E-state index is 12.2. The van der Waals surface area contributed by atoms with Gasteiger partial charge in [-0.1, -0.05) is 55.8 Å². The lowest BCUT2D eigenvalue weighted by atomic mass is 10.0. The van der Waals surface area contributed by atoms with Crippen molar-refractivity contribution in [3.63, 3.8) is 0 Å². The van der Waals surface area contributed by atoms with Crippen LogP contribution in [0.15, 0.2) is 48.5 Å². The van der Waals surface area contributed by atoms with Crippen molar-refractivity contribution >= 4 is 17.5 Å². The number of amides is 1. The zero-order chi connectivity index (χ0) is 16.8. The summed E-state index contributed by atoms with van der Waals surface area (Å²) in [5.74, 6) is 0.964. The quantitative estimate of drug-likeness (QED) is 0.843. The Hall–Kier alpha value is -2.00. The first-order valence-corrected chi connectivity index (χ1v) is 8.13. The third-order valence-corrected chi connectivity index (χ3v) is 3.85. The summed E-state index contributed by atoms with van der Waals surface area (Å²) in [5, 5.41) is 3.56. The number of benzene rings is 2. The van der Waals surface area contributed by atoms with Crippen LogP contribution in [0.1, 0.15) is 37.8 Å². The second kappa shape index (κ2) is 8.02. The number of ether oxygens (including phenoxy) is 1. The van der Waals surface area contributed by atoms with E-state index in [1.807, 2.05) is 48.5 Å². The van der Waals surface area contributed by atoms with Crippen molar-refractivity contribution < 1.29 is 9.53 Å². The Kier molecular flexibility index (Phi) is 6.05. The van der Waals surface area contributed by atoms with Gasteiger partial charge in [-0.15, -0.1) is 0 Å². The van der Waals surface area contributed by atoms with Gasteiger partial charge in [0.15, 0.2) is 6.10 Å². The Morgan fingerprint density at radius 1 is 1.09 bits per heavy atom. The Bertz CT molecular complexity index is 653. The van der Waals surface area contributed by atoms with E-state index in [1.165, 1.54) is 0 Å². The van der Waals surface area contributed by atoms with Crippen LogP contribution in [0.4, 0.5) is 0 Å². The second-order valence-electron chi connectivity index (χ2n) is 5.80. The molecule has 0 saturated carbocycles.